The van der Waals surface area contributed by atoms with Gasteiger partial charge in [0.1, 0.15) is 6.61 Å². The third kappa shape index (κ3) is 14.1. The largest absolute Gasteiger partial charge is 0.445 e. The normalized spacial score (nSPS) is 21.7. The molecule has 2 atom stereocenters. The second kappa shape index (κ2) is 19.0. The zero-order chi connectivity index (χ0) is 22.0. The van der Waals surface area contributed by atoms with Crippen molar-refractivity contribution in [1.29, 1.82) is 0 Å². The van der Waals surface area contributed by atoms with Crippen molar-refractivity contribution in [2.45, 2.75) is 77.6 Å². The number of β-amino-alcohol motifs (C(OH)–C–C–N with tert-alkyl or cyclic N) is 2. The molecule has 2 fully saturated rings. The molecule has 1 amide bonds. The number of rotatable bonds is 2. The van der Waals surface area contributed by atoms with Crippen LogP contribution in [0.15, 0.2) is 30.3 Å². The number of benzene rings is 1. The summed E-state index contributed by atoms with van der Waals surface area (Å²) in [4.78, 5) is 13.6. The van der Waals surface area contributed by atoms with Gasteiger partial charge in [-0.05, 0) is 37.8 Å². The number of carbonyl (C=O) groups is 1. The van der Waals surface area contributed by atoms with Gasteiger partial charge in [0.05, 0.1) is 12.2 Å². The van der Waals surface area contributed by atoms with Crippen molar-refractivity contribution < 1.29 is 24.9 Å². The highest BCUT2D eigenvalue weighted by atomic mass is 16.6. The predicted octanol–water partition coefficient (Wildman–Crippen LogP) is 3.32. The summed E-state index contributed by atoms with van der Waals surface area (Å²) in [6, 6.07) is 9.62. The van der Waals surface area contributed by atoms with E-state index in [1.54, 1.807) is 4.90 Å². The van der Waals surface area contributed by atoms with Crippen molar-refractivity contribution in [2.75, 3.05) is 33.3 Å². The number of carbonyl (C=O) groups excluding carboxylic acids is 1. The molecule has 0 bridgehead atoms. The highest BCUT2D eigenvalue weighted by Gasteiger charge is 2.20. The predicted molar refractivity (Wildman–Crippen MR) is 125 cm³/mol. The molecule has 2 saturated heterocycles. The fraction of sp³-hybridized carbons (Fsp3) is 0.708. The molecule has 0 aliphatic carbocycles. The van der Waals surface area contributed by atoms with E-state index in [-0.39, 0.29) is 26.2 Å². The van der Waals surface area contributed by atoms with Gasteiger partial charge in [0.25, 0.3) is 0 Å². The molecule has 7 heteroatoms. The minimum atomic E-state index is -0.426. The van der Waals surface area contributed by atoms with Gasteiger partial charge in [0.2, 0.25) is 0 Å². The first kappa shape index (κ1) is 29.3. The molecule has 0 saturated carbocycles. The molecule has 31 heavy (non-hydrogen) atoms. The van der Waals surface area contributed by atoms with Gasteiger partial charge in [-0.2, -0.15) is 0 Å². The zero-order valence-electron chi connectivity index (χ0n) is 18.3. The lowest BCUT2D eigenvalue weighted by atomic mass is 10.1. The van der Waals surface area contributed by atoms with Crippen LogP contribution in [0, 0.1) is 0 Å². The summed E-state index contributed by atoms with van der Waals surface area (Å²) in [5.41, 5.74) is 0.975. The molecule has 1 aromatic rings. The molecule has 2 unspecified atom stereocenters. The third-order valence-corrected chi connectivity index (χ3v) is 5.13. The van der Waals surface area contributed by atoms with E-state index in [1.165, 1.54) is 19.3 Å². The standard InChI is InChI=1S/C15H21NO3.C7H15NO.CH4O.CH4/c17-14-9-5-2-6-10-16(11-14)15(18)19-12-13-7-3-1-4-8-13;9-7-4-2-1-3-5-8-6-7;1-2;/h1,3-4,7-8,14,17H,2,5-6,9-12H2;7-9H,1-6H2;2H,1H3;1H4. The van der Waals surface area contributed by atoms with Crippen LogP contribution in [0.4, 0.5) is 4.79 Å². The zero-order valence-corrected chi connectivity index (χ0v) is 18.3. The monoisotopic (exact) mass is 440 g/mol. The maximum absolute atomic E-state index is 12.0. The van der Waals surface area contributed by atoms with E-state index >= 15 is 0 Å². The maximum Gasteiger partial charge on any atom is 0.410 e. The van der Waals surface area contributed by atoms with E-state index in [2.05, 4.69) is 5.32 Å². The molecule has 7 nitrogen and oxygen atoms in total. The average molecular weight is 441 g/mol. The van der Waals surface area contributed by atoms with Crippen molar-refractivity contribution in [3.05, 3.63) is 35.9 Å². The number of amides is 1. The number of aliphatic hydroxyl groups is 3. The first-order valence-electron chi connectivity index (χ1n) is 11.1. The molecule has 1 aromatic carbocycles. The number of aliphatic hydroxyl groups excluding tert-OH is 3. The van der Waals surface area contributed by atoms with Crippen molar-refractivity contribution in [1.82, 2.24) is 10.2 Å². The summed E-state index contributed by atoms with van der Waals surface area (Å²) in [5, 5.41) is 29.1. The van der Waals surface area contributed by atoms with E-state index in [1.807, 2.05) is 30.3 Å². The number of hydrogen-bond donors (Lipinski definition) is 4. The second-order valence-electron chi connectivity index (χ2n) is 7.70. The minimum absolute atomic E-state index is 0. The molecule has 3 rings (SSSR count). The van der Waals surface area contributed by atoms with Gasteiger partial charge in [-0.1, -0.05) is 63.4 Å². The number of ether oxygens (including phenoxy) is 1. The van der Waals surface area contributed by atoms with Crippen molar-refractivity contribution in [3.63, 3.8) is 0 Å². The molecule has 2 heterocycles. The maximum atomic E-state index is 12.0. The molecule has 0 spiro atoms. The third-order valence-electron chi connectivity index (χ3n) is 5.13. The van der Waals surface area contributed by atoms with Crippen LogP contribution in [0.3, 0.4) is 0 Å². The lowest BCUT2D eigenvalue weighted by Crippen LogP contribution is -2.39. The number of nitrogens with zero attached hydrogens (tertiary/aromatic N) is 1. The lowest BCUT2D eigenvalue weighted by molar-refractivity contribution is 0.0596. The van der Waals surface area contributed by atoms with Crippen molar-refractivity contribution >= 4 is 6.09 Å². The van der Waals surface area contributed by atoms with Gasteiger partial charge in [-0.15, -0.1) is 0 Å². The first-order chi connectivity index (χ1) is 14.6. The Labute approximate surface area is 188 Å². The van der Waals surface area contributed by atoms with E-state index in [9.17, 15) is 9.90 Å². The highest BCUT2D eigenvalue weighted by molar-refractivity contribution is 5.67. The Hall–Kier alpha value is -1.67. The highest BCUT2D eigenvalue weighted by Crippen LogP contribution is 2.13. The SMILES string of the molecule is C.CO.O=C(OCc1ccccc1)N1CCCCCC(O)C1.OC1CCCCCNC1. The number of nitrogens with one attached hydrogen (secondary N) is 1. The summed E-state index contributed by atoms with van der Waals surface area (Å²) in [7, 11) is 1.00. The number of likely N-dealkylation sites (tertiary alicyclic amines) is 1. The summed E-state index contributed by atoms with van der Waals surface area (Å²) in [6.45, 7) is 3.21. The summed E-state index contributed by atoms with van der Waals surface area (Å²) in [6.07, 6.45) is 7.70. The van der Waals surface area contributed by atoms with E-state index in [0.717, 1.165) is 57.9 Å². The molecular weight excluding hydrogens is 396 g/mol. The van der Waals surface area contributed by atoms with Crippen LogP contribution in [0.5, 0.6) is 0 Å². The van der Waals surface area contributed by atoms with Crippen LogP contribution in [0.25, 0.3) is 0 Å². The summed E-state index contributed by atoms with van der Waals surface area (Å²) >= 11 is 0. The average Bonchev–Trinajstić information content (AvgIpc) is 2.74. The molecule has 2 aliphatic rings. The van der Waals surface area contributed by atoms with E-state index in [0.29, 0.717) is 13.1 Å². The van der Waals surface area contributed by atoms with Crippen LogP contribution < -0.4 is 5.32 Å². The Morgan fingerprint density at radius 1 is 1.00 bits per heavy atom. The Morgan fingerprint density at radius 3 is 2.35 bits per heavy atom. The van der Waals surface area contributed by atoms with Crippen LogP contribution >= 0.6 is 0 Å². The first-order valence-corrected chi connectivity index (χ1v) is 11.1. The van der Waals surface area contributed by atoms with Crippen molar-refractivity contribution in [2.24, 2.45) is 0 Å². The smallest absolute Gasteiger partial charge is 0.410 e. The Kier molecular flexibility index (Phi) is 18.0. The lowest BCUT2D eigenvalue weighted by Gasteiger charge is -2.26. The quantitative estimate of drug-likeness (QED) is 0.563. The van der Waals surface area contributed by atoms with Crippen LogP contribution in [-0.2, 0) is 11.3 Å². The van der Waals surface area contributed by atoms with Gasteiger partial charge in [0.15, 0.2) is 0 Å². The van der Waals surface area contributed by atoms with Crippen LogP contribution in [0.2, 0.25) is 0 Å². The fourth-order valence-corrected chi connectivity index (χ4v) is 3.45. The second-order valence-corrected chi connectivity index (χ2v) is 7.70. The van der Waals surface area contributed by atoms with Gasteiger partial charge >= 0.3 is 6.09 Å². The summed E-state index contributed by atoms with van der Waals surface area (Å²) < 4.78 is 5.29. The Bertz CT molecular complexity index is 536. The molecule has 180 valence electrons. The number of hydrogen-bond acceptors (Lipinski definition) is 6. The fourth-order valence-electron chi connectivity index (χ4n) is 3.45. The molecule has 4 N–H and O–H groups in total. The van der Waals surface area contributed by atoms with Gasteiger partial charge < -0.3 is 30.3 Å². The minimum Gasteiger partial charge on any atom is -0.445 e. The molecular formula is C24H44N2O5. The Morgan fingerprint density at radius 2 is 1.65 bits per heavy atom. The topological polar surface area (TPSA) is 102 Å². The van der Waals surface area contributed by atoms with Gasteiger partial charge in [-0.25, -0.2) is 4.79 Å². The summed E-state index contributed by atoms with van der Waals surface area (Å²) in [5.74, 6) is 0. The van der Waals surface area contributed by atoms with Gasteiger partial charge in [-0.3, -0.25) is 0 Å². The van der Waals surface area contributed by atoms with E-state index in [4.69, 9.17) is 14.9 Å². The van der Waals surface area contributed by atoms with Crippen molar-refractivity contribution in [3.8, 4) is 0 Å². The Balaban J connectivity index is 0.000000633. The molecule has 0 aromatic heterocycles. The molecule has 2 aliphatic heterocycles. The van der Waals surface area contributed by atoms with Crippen LogP contribution in [0.1, 0.15) is 64.4 Å². The molecule has 0 radical (unpaired) electrons. The van der Waals surface area contributed by atoms with Crippen LogP contribution in [-0.4, -0.2) is 71.8 Å². The van der Waals surface area contributed by atoms with E-state index < -0.39 is 6.10 Å². The van der Waals surface area contributed by atoms with Gasteiger partial charge in [0, 0.05) is 26.7 Å².